The van der Waals surface area contributed by atoms with Crippen molar-refractivity contribution >= 4 is 22.6 Å². The molecule has 1 aromatic rings. The molecule has 0 radical (unpaired) electrons. The molecule has 0 fully saturated rings. The van der Waals surface area contributed by atoms with Crippen LogP contribution in [-0.4, -0.2) is 16.5 Å². The Bertz CT molecular complexity index is 468. The molecule has 1 atom stereocenters. The fraction of sp³-hybridized carbons (Fsp3) is 0.562. The third-order valence-electron chi connectivity index (χ3n) is 3.82. The Labute approximate surface area is 121 Å². The summed E-state index contributed by atoms with van der Waals surface area (Å²) in [5, 5.41) is 4.54. The quantitative estimate of drug-likeness (QED) is 0.850. The topological polar surface area (TPSA) is 24.4 Å². The summed E-state index contributed by atoms with van der Waals surface area (Å²) in [5.74, 6) is 1.71. The van der Waals surface area contributed by atoms with E-state index in [0.717, 1.165) is 23.0 Å². The molecule has 0 spiro atoms. The normalized spacial score (nSPS) is 23.3. The van der Waals surface area contributed by atoms with Crippen LogP contribution in [0.1, 0.15) is 52.0 Å². The molecule has 2 rings (SSSR count). The summed E-state index contributed by atoms with van der Waals surface area (Å²) in [7, 11) is 0. The molecule has 0 saturated carbocycles. The molecular weight excluding hydrogens is 252 g/mol. The highest BCUT2D eigenvalue weighted by Gasteiger charge is 2.25. The van der Waals surface area contributed by atoms with Gasteiger partial charge >= 0.3 is 0 Å². The van der Waals surface area contributed by atoms with Gasteiger partial charge in [-0.1, -0.05) is 44.7 Å². The maximum Gasteiger partial charge on any atom is 0.161 e. The zero-order valence-corrected chi connectivity index (χ0v) is 13.2. The number of hydrogen-bond donors (Lipinski definition) is 1. The standard InChI is InChI=1S/C16H24N2S/c1-5-16(4)9-10-19-15(18-16)17-14-8-6-7-13(11-14)12(2)3/h6-8,11-12H,5,9-10H2,1-4H3,(H,17,18). The van der Waals surface area contributed by atoms with E-state index in [2.05, 4.69) is 57.3 Å². The lowest BCUT2D eigenvalue weighted by Gasteiger charge is -2.29. The minimum Gasteiger partial charge on any atom is -0.335 e. The van der Waals surface area contributed by atoms with E-state index in [0.29, 0.717) is 5.92 Å². The van der Waals surface area contributed by atoms with Crippen LogP contribution >= 0.6 is 11.8 Å². The molecule has 3 heteroatoms. The van der Waals surface area contributed by atoms with Crippen molar-refractivity contribution in [2.24, 2.45) is 4.99 Å². The maximum atomic E-state index is 4.87. The average Bonchev–Trinajstić information content (AvgIpc) is 2.39. The van der Waals surface area contributed by atoms with Gasteiger partial charge in [-0.25, -0.2) is 0 Å². The van der Waals surface area contributed by atoms with E-state index in [4.69, 9.17) is 4.99 Å². The number of nitrogens with one attached hydrogen (secondary N) is 1. The first-order valence-electron chi connectivity index (χ1n) is 7.12. The van der Waals surface area contributed by atoms with E-state index >= 15 is 0 Å². The lowest BCUT2D eigenvalue weighted by Crippen LogP contribution is -2.29. The summed E-state index contributed by atoms with van der Waals surface area (Å²) in [6.07, 6.45) is 2.27. The zero-order chi connectivity index (χ0) is 13.9. The second-order valence-electron chi connectivity index (χ2n) is 5.77. The zero-order valence-electron chi connectivity index (χ0n) is 12.4. The fourth-order valence-corrected chi connectivity index (χ4v) is 3.33. The molecule has 0 amide bonds. The molecule has 104 valence electrons. The molecule has 1 aliphatic rings. The average molecular weight is 276 g/mol. The Hall–Kier alpha value is -0.960. The van der Waals surface area contributed by atoms with E-state index in [9.17, 15) is 0 Å². The number of aliphatic imine (C=N–C) groups is 1. The maximum absolute atomic E-state index is 4.87. The van der Waals surface area contributed by atoms with Gasteiger partial charge in [-0.05, 0) is 43.4 Å². The third kappa shape index (κ3) is 3.75. The monoisotopic (exact) mass is 276 g/mol. The van der Waals surface area contributed by atoms with Crippen LogP contribution in [0.2, 0.25) is 0 Å². The molecular formula is C16H24N2S. The number of rotatable bonds is 3. The summed E-state index contributed by atoms with van der Waals surface area (Å²) in [6.45, 7) is 8.91. The van der Waals surface area contributed by atoms with Crippen molar-refractivity contribution < 1.29 is 0 Å². The van der Waals surface area contributed by atoms with Gasteiger partial charge in [0.2, 0.25) is 0 Å². The Kier molecular flexibility index (Phi) is 4.56. The predicted molar refractivity (Wildman–Crippen MR) is 87.4 cm³/mol. The number of nitrogens with zero attached hydrogens (tertiary/aromatic N) is 1. The Morgan fingerprint density at radius 3 is 2.89 bits per heavy atom. The number of benzene rings is 1. The molecule has 1 heterocycles. The molecule has 0 bridgehead atoms. The smallest absolute Gasteiger partial charge is 0.161 e. The van der Waals surface area contributed by atoms with Gasteiger partial charge in [0.1, 0.15) is 0 Å². The largest absolute Gasteiger partial charge is 0.335 e. The van der Waals surface area contributed by atoms with Crippen molar-refractivity contribution in [2.45, 2.75) is 52.0 Å². The molecule has 2 nitrogen and oxygen atoms in total. The van der Waals surface area contributed by atoms with Crippen molar-refractivity contribution in [1.82, 2.24) is 0 Å². The summed E-state index contributed by atoms with van der Waals surface area (Å²) < 4.78 is 0. The highest BCUT2D eigenvalue weighted by molar-refractivity contribution is 8.14. The van der Waals surface area contributed by atoms with E-state index in [-0.39, 0.29) is 5.54 Å². The minimum absolute atomic E-state index is 0.114. The number of hydrogen-bond acceptors (Lipinski definition) is 3. The molecule has 1 N–H and O–H groups in total. The van der Waals surface area contributed by atoms with Crippen molar-refractivity contribution in [2.75, 3.05) is 11.1 Å². The summed E-state index contributed by atoms with van der Waals surface area (Å²) in [5.41, 5.74) is 2.63. The lowest BCUT2D eigenvalue weighted by atomic mass is 9.97. The van der Waals surface area contributed by atoms with Crippen LogP contribution in [0.5, 0.6) is 0 Å². The second-order valence-corrected chi connectivity index (χ2v) is 6.85. The van der Waals surface area contributed by atoms with Gasteiger partial charge in [0.15, 0.2) is 5.17 Å². The molecule has 0 saturated heterocycles. The van der Waals surface area contributed by atoms with E-state index < -0.39 is 0 Å². The third-order valence-corrected chi connectivity index (χ3v) is 4.69. The molecule has 1 aliphatic heterocycles. The first-order chi connectivity index (χ1) is 9.02. The van der Waals surface area contributed by atoms with Crippen LogP contribution < -0.4 is 5.32 Å². The van der Waals surface area contributed by atoms with Gasteiger partial charge in [-0.15, -0.1) is 0 Å². The van der Waals surface area contributed by atoms with Gasteiger partial charge in [0.25, 0.3) is 0 Å². The van der Waals surface area contributed by atoms with Crippen molar-refractivity contribution in [1.29, 1.82) is 0 Å². The van der Waals surface area contributed by atoms with Gasteiger partial charge in [0.05, 0.1) is 5.54 Å². The Morgan fingerprint density at radius 2 is 2.21 bits per heavy atom. The fourth-order valence-electron chi connectivity index (χ4n) is 2.12. The molecule has 1 aromatic carbocycles. The van der Waals surface area contributed by atoms with E-state index in [1.54, 1.807) is 0 Å². The van der Waals surface area contributed by atoms with Crippen LogP contribution in [0.25, 0.3) is 0 Å². The van der Waals surface area contributed by atoms with Gasteiger partial charge < -0.3 is 5.32 Å². The summed E-state index contributed by atoms with van der Waals surface area (Å²) in [6, 6.07) is 8.64. The van der Waals surface area contributed by atoms with Crippen molar-refractivity contribution in [3.8, 4) is 0 Å². The number of thioether (sulfide) groups is 1. The molecule has 1 unspecified atom stereocenters. The Morgan fingerprint density at radius 1 is 1.42 bits per heavy atom. The van der Waals surface area contributed by atoms with E-state index in [1.165, 1.54) is 12.0 Å². The number of anilines is 1. The van der Waals surface area contributed by atoms with Gasteiger partial charge in [-0.3, -0.25) is 4.99 Å². The predicted octanol–water partition coefficient (Wildman–Crippen LogP) is 4.88. The van der Waals surface area contributed by atoms with Crippen LogP contribution in [0.3, 0.4) is 0 Å². The van der Waals surface area contributed by atoms with E-state index in [1.807, 2.05) is 11.8 Å². The molecule has 0 aliphatic carbocycles. The van der Waals surface area contributed by atoms with Crippen LogP contribution in [0, 0.1) is 0 Å². The van der Waals surface area contributed by atoms with Crippen LogP contribution in [-0.2, 0) is 0 Å². The molecule has 19 heavy (non-hydrogen) atoms. The van der Waals surface area contributed by atoms with Crippen molar-refractivity contribution in [3.63, 3.8) is 0 Å². The van der Waals surface area contributed by atoms with Crippen molar-refractivity contribution in [3.05, 3.63) is 29.8 Å². The Balaban J connectivity index is 2.15. The van der Waals surface area contributed by atoms with Gasteiger partial charge in [0, 0.05) is 11.4 Å². The summed E-state index contributed by atoms with van der Waals surface area (Å²) >= 11 is 1.83. The highest BCUT2D eigenvalue weighted by atomic mass is 32.2. The highest BCUT2D eigenvalue weighted by Crippen LogP contribution is 2.30. The lowest BCUT2D eigenvalue weighted by molar-refractivity contribution is 0.443. The summed E-state index contributed by atoms with van der Waals surface area (Å²) in [4.78, 5) is 4.87. The SMILES string of the molecule is CCC1(C)CCSC(Nc2cccc(C(C)C)c2)=N1. The van der Waals surface area contributed by atoms with Gasteiger partial charge in [-0.2, -0.15) is 0 Å². The first-order valence-corrected chi connectivity index (χ1v) is 8.10. The molecule has 0 aromatic heterocycles. The van der Waals surface area contributed by atoms with Crippen LogP contribution in [0.4, 0.5) is 5.69 Å². The van der Waals surface area contributed by atoms with Crippen LogP contribution in [0.15, 0.2) is 29.3 Å². The first kappa shape index (κ1) is 14.4. The number of amidine groups is 1. The minimum atomic E-state index is 0.114. The second kappa shape index (κ2) is 6.00.